The number of carboxylic acid groups (broad SMARTS) is 1. The molecule has 2 aromatic rings. The number of carboxylic acids is 1. The van der Waals surface area contributed by atoms with Crippen molar-refractivity contribution in [3.63, 3.8) is 0 Å². The number of aliphatic hydroxyl groups excluding tert-OH is 3. The van der Waals surface area contributed by atoms with E-state index in [1.165, 1.54) is 0 Å². The molecular formula is C26H22O7. The number of ether oxygens (including phenoxy) is 2. The molecule has 0 amide bonds. The van der Waals surface area contributed by atoms with E-state index in [2.05, 4.69) is 30.4 Å². The minimum Gasteiger partial charge on any atom is -0.479 e. The van der Waals surface area contributed by atoms with E-state index in [0.29, 0.717) is 0 Å². The maximum Gasteiger partial charge on any atom is 0.335 e. The maximum absolute atomic E-state index is 11.6. The first-order valence-electron chi connectivity index (χ1n) is 10.8. The van der Waals surface area contributed by atoms with E-state index < -0.39 is 42.3 Å². The number of hydrogen-bond acceptors (Lipinski definition) is 6. The molecule has 1 saturated heterocycles. The van der Waals surface area contributed by atoms with Crippen LogP contribution >= 0.6 is 0 Å². The Morgan fingerprint density at radius 2 is 1.85 bits per heavy atom. The summed E-state index contributed by atoms with van der Waals surface area (Å²) in [5.41, 5.74) is 2.69. The molecule has 2 aromatic carbocycles. The molecule has 7 heteroatoms. The molecule has 33 heavy (non-hydrogen) atoms. The van der Waals surface area contributed by atoms with Crippen LogP contribution in [0, 0.1) is 0 Å². The van der Waals surface area contributed by atoms with Crippen molar-refractivity contribution in [2.75, 3.05) is 0 Å². The van der Waals surface area contributed by atoms with Crippen LogP contribution in [-0.4, -0.2) is 57.1 Å². The van der Waals surface area contributed by atoms with E-state index in [9.17, 15) is 25.2 Å². The van der Waals surface area contributed by atoms with Crippen LogP contribution in [0.4, 0.5) is 0 Å². The van der Waals surface area contributed by atoms with Crippen molar-refractivity contribution in [3.05, 3.63) is 89.1 Å². The Labute approximate surface area is 189 Å². The topological polar surface area (TPSA) is 116 Å². The highest BCUT2D eigenvalue weighted by atomic mass is 16.7. The second kappa shape index (κ2) is 7.21. The van der Waals surface area contributed by atoms with Gasteiger partial charge in [-0.3, -0.25) is 0 Å². The van der Waals surface area contributed by atoms with E-state index in [1.807, 2.05) is 42.5 Å². The van der Waals surface area contributed by atoms with Crippen molar-refractivity contribution in [1.82, 2.24) is 0 Å². The lowest BCUT2D eigenvalue weighted by molar-refractivity contribution is -0.312. The molecule has 1 aliphatic heterocycles. The van der Waals surface area contributed by atoms with Crippen molar-refractivity contribution < 1.29 is 34.7 Å². The molecule has 1 fully saturated rings. The highest BCUT2D eigenvalue weighted by Crippen LogP contribution is 2.52. The predicted molar refractivity (Wildman–Crippen MR) is 119 cm³/mol. The van der Waals surface area contributed by atoms with Gasteiger partial charge in [0.25, 0.3) is 0 Å². The van der Waals surface area contributed by atoms with Gasteiger partial charge in [-0.15, -0.1) is 0 Å². The average molecular weight is 446 g/mol. The lowest BCUT2D eigenvalue weighted by Gasteiger charge is -2.46. The van der Waals surface area contributed by atoms with Crippen molar-refractivity contribution in [1.29, 1.82) is 0 Å². The number of allylic oxidation sites excluding steroid dienone is 4. The summed E-state index contributed by atoms with van der Waals surface area (Å²) in [7, 11) is 0. The third-order valence-corrected chi connectivity index (χ3v) is 6.96. The van der Waals surface area contributed by atoms with Crippen LogP contribution in [0.25, 0.3) is 16.8 Å². The summed E-state index contributed by atoms with van der Waals surface area (Å²) < 4.78 is 11.9. The molecule has 0 bridgehead atoms. The largest absolute Gasteiger partial charge is 0.479 e. The number of aliphatic carboxylic acids is 1. The number of benzene rings is 2. The van der Waals surface area contributed by atoms with Gasteiger partial charge in [-0.1, -0.05) is 66.8 Å². The molecular weight excluding hydrogens is 424 g/mol. The Bertz CT molecular complexity index is 1290. The first kappa shape index (κ1) is 20.5. The zero-order chi connectivity index (χ0) is 22.9. The van der Waals surface area contributed by atoms with Gasteiger partial charge >= 0.3 is 5.97 Å². The summed E-state index contributed by atoms with van der Waals surface area (Å²) in [6.07, 6.45) is 5.42. The minimum absolute atomic E-state index is 0.0258. The van der Waals surface area contributed by atoms with Crippen LogP contribution in [-0.2, 0) is 19.9 Å². The summed E-state index contributed by atoms with van der Waals surface area (Å²) in [6, 6.07) is 10.1. The molecule has 0 spiro atoms. The van der Waals surface area contributed by atoms with Crippen LogP contribution in [0.1, 0.15) is 22.6 Å². The summed E-state index contributed by atoms with van der Waals surface area (Å²) >= 11 is 0. The van der Waals surface area contributed by atoms with Crippen LogP contribution in [0.5, 0.6) is 0 Å². The molecule has 2 unspecified atom stereocenters. The standard InChI is InChI=1S/C26H22O7/c27-20-21(28)23(24(30)31)32-25(22(20)29)33-26-11-2-1-6-16(26)12-15-8-7-13-4-3-5-14-9-10-17(26)19(15)18(13)14/h1-12,15,20-23,25,27-29H,(H,30,31)/t15?,20-,21-,22+,23-,25-,26?/m0/s1. The van der Waals surface area contributed by atoms with Gasteiger partial charge in [0.2, 0.25) is 0 Å². The molecule has 3 aliphatic carbocycles. The summed E-state index contributed by atoms with van der Waals surface area (Å²) in [6.45, 7) is 0. The van der Waals surface area contributed by atoms with Crippen molar-refractivity contribution in [3.8, 4) is 0 Å². The Balaban J connectivity index is 1.51. The van der Waals surface area contributed by atoms with Gasteiger partial charge in [0.15, 0.2) is 12.4 Å². The molecule has 7 atom stereocenters. The van der Waals surface area contributed by atoms with Gasteiger partial charge in [0.1, 0.15) is 23.9 Å². The van der Waals surface area contributed by atoms with Gasteiger partial charge in [0, 0.05) is 5.92 Å². The SMILES string of the molecule is O=C(O)[C@H]1O[C@@H](OC23C=CC=CC2=CC2C=Cc4cccc5ccc3c2c45)[C@H](O)[C@@H](O)[C@@H]1O. The summed E-state index contributed by atoms with van der Waals surface area (Å²) in [5.74, 6) is -1.42. The second-order valence-corrected chi connectivity index (χ2v) is 8.79. The fraction of sp³-hybridized carbons (Fsp3) is 0.269. The third kappa shape index (κ3) is 2.84. The quantitative estimate of drug-likeness (QED) is 0.571. The molecule has 4 aliphatic rings. The van der Waals surface area contributed by atoms with Crippen molar-refractivity contribution in [2.24, 2.45) is 0 Å². The maximum atomic E-state index is 11.6. The normalized spacial score (nSPS) is 35.9. The smallest absolute Gasteiger partial charge is 0.335 e. The number of hydrogen-bond donors (Lipinski definition) is 4. The van der Waals surface area contributed by atoms with Gasteiger partial charge < -0.3 is 29.9 Å². The fourth-order valence-corrected chi connectivity index (χ4v) is 5.38. The Morgan fingerprint density at radius 1 is 1.00 bits per heavy atom. The monoisotopic (exact) mass is 446 g/mol. The number of rotatable bonds is 3. The van der Waals surface area contributed by atoms with Crippen LogP contribution in [0.2, 0.25) is 0 Å². The average Bonchev–Trinajstić information content (AvgIpc) is 2.82. The molecule has 1 heterocycles. The molecule has 0 aromatic heterocycles. The molecule has 168 valence electrons. The van der Waals surface area contributed by atoms with Crippen LogP contribution in [0.15, 0.2) is 72.4 Å². The summed E-state index contributed by atoms with van der Waals surface area (Å²) in [5, 5.41) is 42.7. The lowest BCUT2D eigenvalue weighted by atomic mass is 9.69. The molecule has 6 rings (SSSR count). The van der Waals surface area contributed by atoms with Gasteiger partial charge in [-0.2, -0.15) is 0 Å². The Kier molecular flexibility index (Phi) is 4.49. The Morgan fingerprint density at radius 3 is 2.67 bits per heavy atom. The third-order valence-electron chi connectivity index (χ3n) is 6.96. The molecule has 0 saturated carbocycles. The van der Waals surface area contributed by atoms with E-state index in [0.717, 1.165) is 33.0 Å². The van der Waals surface area contributed by atoms with E-state index in [4.69, 9.17) is 9.47 Å². The summed E-state index contributed by atoms with van der Waals surface area (Å²) in [4.78, 5) is 11.6. The van der Waals surface area contributed by atoms with Crippen LogP contribution < -0.4 is 0 Å². The molecule has 0 radical (unpaired) electrons. The van der Waals surface area contributed by atoms with Crippen molar-refractivity contribution >= 4 is 22.8 Å². The first-order valence-corrected chi connectivity index (χ1v) is 10.8. The number of fused-ring (bicyclic) bond motifs is 2. The number of carbonyl (C=O) groups is 1. The molecule has 7 nitrogen and oxygen atoms in total. The van der Waals surface area contributed by atoms with E-state index in [-0.39, 0.29) is 5.92 Å². The number of aliphatic hydroxyl groups is 3. The van der Waals surface area contributed by atoms with Gasteiger partial charge in [0.05, 0.1) is 0 Å². The zero-order valence-corrected chi connectivity index (χ0v) is 17.4. The Hall–Kier alpha value is -3.07. The fourth-order valence-electron chi connectivity index (χ4n) is 5.38. The highest BCUT2D eigenvalue weighted by molar-refractivity contribution is 5.97. The van der Waals surface area contributed by atoms with Crippen LogP contribution in [0.3, 0.4) is 0 Å². The zero-order valence-electron chi connectivity index (χ0n) is 17.4. The van der Waals surface area contributed by atoms with E-state index in [1.54, 1.807) is 0 Å². The van der Waals surface area contributed by atoms with E-state index >= 15 is 0 Å². The van der Waals surface area contributed by atoms with Crippen molar-refractivity contribution in [2.45, 2.75) is 42.2 Å². The first-order chi connectivity index (χ1) is 15.9. The molecule has 4 N–H and O–H groups in total. The lowest BCUT2D eigenvalue weighted by Crippen LogP contribution is -2.61. The second-order valence-electron chi connectivity index (χ2n) is 8.79. The minimum atomic E-state index is -1.78. The highest BCUT2D eigenvalue weighted by Gasteiger charge is 2.52. The van der Waals surface area contributed by atoms with Gasteiger partial charge in [-0.25, -0.2) is 4.79 Å². The predicted octanol–water partition coefficient (Wildman–Crippen LogP) is 2.12. The van der Waals surface area contributed by atoms with Gasteiger partial charge in [-0.05, 0) is 39.1 Å².